The Morgan fingerprint density at radius 1 is 1.00 bits per heavy atom. The van der Waals surface area contributed by atoms with Crippen LogP contribution in [0.3, 0.4) is 0 Å². The molecular formula is C7H8MgS. The van der Waals surface area contributed by atoms with E-state index in [1.807, 2.05) is 30.3 Å². The van der Waals surface area contributed by atoms with Crippen molar-refractivity contribution >= 4 is 35.7 Å². The van der Waals surface area contributed by atoms with Crippen LogP contribution in [-0.2, 0) is 12.6 Å². The molecule has 0 fully saturated rings. The van der Waals surface area contributed by atoms with Gasteiger partial charge in [0.05, 0.1) is 0 Å². The quantitative estimate of drug-likeness (QED) is 0.306. The maximum absolute atomic E-state index is 4.81. The Bertz CT molecular complexity index is 139. The molecule has 44 valence electrons. The van der Waals surface area contributed by atoms with E-state index in [2.05, 4.69) is 0 Å². The molecule has 0 saturated heterocycles. The number of rotatable bonds is 0. The Balaban J connectivity index is 0. The van der Waals surface area contributed by atoms with Crippen LogP contribution in [0.2, 0.25) is 0 Å². The Labute approximate surface area is 78.2 Å². The molecule has 0 bridgehead atoms. The average Bonchev–Trinajstić information content (AvgIpc) is 1.69. The summed E-state index contributed by atoms with van der Waals surface area (Å²) in [5.41, 5.74) is 0. The first-order chi connectivity index (χ1) is 3.39. The molecule has 0 aliphatic carbocycles. The normalized spacial score (nSPS) is 6.67. The first kappa shape index (κ1) is 11.9. The predicted octanol–water partition coefficient (Wildman–Crippen LogP) is 1.66. The van der Waals surface area contributed by atoms with E-state index < -0.39 is 0 Å². The van der Waals surface area contributed by atoms with Crippen molar-refractivity contribution in [3.8, 4) is 0 Å². The van der Waals surface area contributed by atoms with Gasteiger partial charge >= 0.3 is 23.1 Å². The molecule has 2 heteroatoms. The third kappa shape index (κ3) is 4.69. The van der Waals surface area contributed by atoms with E-state index in [1.165, 1.54) is 0 Å². The zero-order valence-corrected chi connectivity index (χ0v) is 7.73. The molecule has 0 aromatic heterocycles. The van der Waals surface area contributed by atoms with Gasteiger partial charge in [0.25, 0.3) is 0 Å². The van der Waals surface area contributed by atoms with Crippen molar-refractivity contribution in [1.82, 2.24) is 0 Å². The van der Waals surface area contributed by atoms with Crippen LogP contribution >= 0.6 is 0 Å². The van der Waals surface area contributed by atoms with Crippen LogP contribution in [0.5, 0.6) is 0 Å². The van der Waals surface area contributed by atoms with E-state index >= 15 is 0 Å². The van der Waals surface area contributed by atoms with E-state index in [0.717, 1.165) is 4.90 Å². The van der Waals surface area contributed by atoms with Crippen molar-refractivity contribution in [3.63, 3.8) is 0 Å². The predicted molar refractivity (Wildman–Crippen MR) is 44.2 cm³/mol. The molecule has 0 amide bonds. The minimum absolute atomic E-state index is 0. The molecule has 0 radical (unpaired) electrons. The van der Waals surface area contributed by atoms with E-state index in [-0.39, 0.29) is 30.5 Å². The van der Waals surface area contributed by atoms with Gasteiger partial charge in [0.15, 0.2) is 0 Å². The largest absolute Gasteiger partial charge is 2.00 e. The smallest absolute Gasteiger partial charge is 0.780 e. The summed E-state index contributed by atoms with van der Waals surface area (Å²) >= 11 is 4.81. The van der Waals surface area contributed by atoms with Crippen molar-refractivity contribution in [2.24, 2.45) is 0 Å². The van der Waals surface area contributed by atoms with E-state index in [9.17, 15) is 0 Å². The summed E-state index contributed by atoms with van der Waals surface area (Å²) in [7, 11) is 0. The van der Waals surface area contributed by atoms with Gasteiger partial charge in [-0.2, -0.15) is 4.90 Å². The molecular weight excluding hydrogens is 140 g/mol. The van der Waals surface area contributed by atoms with Gasteiger partial charge in [0.1, 0.15) is 0 Å². The van der Waals surface area contributed by atoms with Crippen LogP contribution in [-0.4, -0.2) is 23.1 Å². The van der Waals surface area contributed by atoms with Crippen LogP contribution in [0.1, 0.15) is 0 Å². The second-order valence-corrected chi connectivity index (χ2v) is 1.78. The Morgan fingerprint density at radius 3 is 1.67 bits per heavy atom. The number of hydrogen-bond acceptors (Lipinski definition) is 1. The molecule has 0 nitrogen and oxygen atoms in total. The third-order valence-corrected chi connectivity index (χ3v) is 1.02. The number of hydrogen-bond donors (Lipinski definition) is 0. The van der Waals surface area contributed by atoms with Crippen LogP contribution < -0.4 is 0 Å². The molecule has 0 heterocycles. The van der Waals surface area contributed by atoms with Crippen molar-refractivity contribution in [2.45, 2.75) is 4.90 Å². The molecule has 1 rings (SSSR count). The summed E-state index contributed by atoms with van der Waals surface area (Å²) in [4.78, 5) is 0.905. The Hall–Kier alpha value is 0.206. The summed E-state index contributed by atoms with van der Waals surface area (Å²) in [6.45, 7) is 0. The maximum Gasteiger partial charge on any atom is 2.00 e. The molecule has 0 N–H and O–H groups in total. The molecule has 0 aliphatic heterocycles. The zero-order chi connectivity index (χ0) is 5.11. The molecule has 0 spiro atoms. The first-order valence-corrected chi connectivity index (χ1v) is 2.52. The van der Waals surface area contributed by atoms with Gasteiger partial charge in [-0.1, -0.05) is 30.3 Å². The van der Waals surface area contributed by atoms with Crippen molar-refractivity contribution in [3.05, 3.63) is 37.8 Å². The second-order valence-electron chi connectivity index (χ2n) is 1.31. The fourth-order valence-electron chi connectivity index (χ4n) is 0.420. The van der Waals surface area contributed by atoms with Crippen LogP contribution in [0.25, 0.3) is 0 Å². The van der Waals surface area contributed by atoms with Gasteiger partial charge in [-0.25, -0.2) is 0 Å². The molecule has 9 heavy (non-hydrogen) atoms. The molecule has 0 atom stereocenters. The Morgan fingerprint density at radius 2 is 1.44 bits per heavy atom. The monoisotopic (exact) mass is 148 g/mol. The Kier molecular flexibility index (Phi) is 8.39. The number of benzene rings is 1. The standard InChI is InChI=1S/C6H6S.CH3.Mg/c7-6-4-2-1-3-5-6;;/h1-5,7H;1H3;/q;-1;+2/p-1. The molecule has 0 unspecified atom stereocenters. The van der Waals surface area contributed by atoms with Crippen LogP contribution in [0.15, 0.2) is 35.2 Å². The fourth-order valence-corrected chi connectivity index (χ4v) is 0.578. The fraction of sp³-hybridized carbons (Fsp3) is 0. The van der Waals surface area contributed by atoms with Gasteiger partial charge in [0.2, 0.25) is 0 Å². The summed E-state index contributed by atoms with van der Waals surface area (Å²) in [6, 6.07) is 9.62. The second kappa shape index (κ2) is 6.33. The van der Waals surface area contributed by atoms with E-state index in [0.29, 0.717) is 0 Å². The van der Waals surface area contributed by atoms with E-state index in [1.54, 1.807) is 0 Å². The summed E-state index contributed by atoms with van der Waals surface area (Å²) in [6.07, 6.45) is 0. The maximum atomic E-state index is 4.81. The molecule has 1 aromatic carbocycles. The molecule has 1 aromatic rings. The van der Waals surface area contributed by atoms with Gasteiger partial charge in [-0.05, 0) is 0 Å². The van der Waals surface area contributed by atoms with Gasteiger partial charge in [0, 0.05) is 0 Å². The van der Waals surface area contributed by atoms with Crippen LogP contribution in [0, 0.1) is 7.43 Å². The van der Waals surface area contributed by atoms with Crippen LogP contribution in [0.4, 0.5) is 0 Å². The van der Waals surface area contributed by atoms with Gasteiger partial charge in [-0.15, -0.1) is 0 Å². The zero-order valence-electron chi connectivity index (χ0n) is 5.50. The third-order valence-electron chi connectivity index (χ3n) is 0.743. The topological polar surface area (TPSA) is 0 Å². The van der Waals surface area contributed by atoms with Crippen molar-refractivity contribution in [2.75, 3.05) is 0 Å². The van der Waals surface area contributed by atoms with Gasteiger partial charge in [-0.3, -0.25) is 0 Å². The summed E-state index contributed by atoms with van der Waals surface area (Å²) in [5, 5.41) is 0. The summed E-state index contributed by atoms with van der Waals surface area (Å²) < 4.78 is 0. The van der Waals surface area contributed by atoms with E-state index in [4.69, 9.17) is 12.6 Å². The SMILES string of the molecule is [CH3-].[Mg+2].[S-]c1ccccc1. The molecule has 0 aliphatic rings. The minimum atomic E-state index is 0. The van der Waals surface area contributed by atoms with Crippen molar-refractivity contribution < 1.29 is 0 Å². The summed E-state index contributed by atoms with van der Waals surface area (Å²) in [5.74, 6) is 0. The molecule has 0 saturated carbocycles. The average molecular weight is 149 g/mol. The van der Waals surface area contributed by atoms with Gasteiger partial charge < -0.3 is 20.1 Å². The van der Waals surface area contributed by atoms with Crippen molar-refractivity contribution in [1.29, 1.82) is 0 Å². The minimum Gasteiger partial charge on any atom is -0.780 e. The first-order valence-electron chi connectivity index (χ1n) is 2.11.